The van der Waals surface area contributed by atoms with E-state index in [1.165, 1.54) is 18.2 Å². The van der Waals surface area contributed by atoms with E-state index in [9.17, 15) is 0 Å². The van der Waals surface area contributed by atoms with E-state index in [0.29, 0.717) is 28.4 Å². The molecule has 6 nitrogen and oxygen atoms in total. The second kappa shape index (κ2) is 13.8. The molecular formula is C47H37N5OPt+2. The molecule has 5 aromatic carbocycles. The van der Waals surface area contributed by atoms with Crippen molar-refractivity contribution in [1.82, 2.24) is 23.7 Å². The van der Waals surface area contributed by atoms with Crippen LogP contribution in [0.4, 0.5) is 22.7 Å². The molecule has 0 radical (unpaired) electrons. The molecule has 0 saturated heterocycles. The van der Waals surface area contributed by atoms with Crippen molar-refractivity contribution >= 4 is 50.6 Å². The molecule has 0 amide bonds. The van der Waals surface area contributed by atoms with Gasteiger partial charge in [0.15, 0.2) is 0 Å². The summed E-state index contributed by atoms with van der Waals surface area (Å²) in [6.45, 7) is 1.40. The van der Waals surface area contributed by atoms with Gasteiger partial charge in [-0.2, -0.15) is 12.1 Å². The van der Waals surface area contributed by atoms with Crippen LogP contribution in [0, 0.1) is 25.8 Å². The molecule has 8 aromatic rings. The summed E-state index contributed by atoms with van der Waals surface area (Å²) in [6.07, 6.45) is 5.46. The van der Waals surface area contributed by atoms with E-state index in [-0.39, 0.29) is 43.2 Å². The summed E-state index contributed by atoms with van der Waals surface area (Å²) in [5.41, 5.74) is 6.05. The maximum absolute atomic E-state index is 8.34. The first-order valence-electron chi connectivity index (χ1n) is 20.3. The molecule has 0 saturated carbocycles. The van der Waals surface area contributed by atoms with Crippen molar-refractivity contribution in [3.63, 3.8) is 0 Å². The van der Waals surface area contributed by atoms with Crippen molar-refractivity contribution in [1.29, 1.82) is 0 Å². The molecule has 1 aliphatic heterocycles. The van der Waals surface area contributed by atoms with Gasteiger partial charge in [-0.05, 0) is 75.6 Å². The molecular weight excluding hydrogens is 846 g/mol. The molecule has 0 bridgehead atoms. The topological polar surface area (TPSA) is 46.0 Å². The van der Waals surface area contributed by atoms with Gasteiger partial charge in [0.05, 0.1) is 17.3 Å². The quantitative estimate of drug-likeness (QED) is 0.123. The molecule has 0 spiro atoms. The van der Waals surface area contributed by atoms with E-state index < -0.39 is 13.7 Å². The van der Waals surface area contributed by atoms with Crippen LogP contribution in [0.25, 0.3) is 38.8 Å². The molecule has 9 rings (SSSR count). The Kier molecular flexibility index (Phi) is 7.30. The second-order valence-corrected chi connectivity index (χ2v) is 14.0. The molecule has 0 fully saturated rings. The average Bonchev–Trinajstić information content (AvgIpc) is 3.76. The van der Waals surface area contributed by atoms with E-state index in [0.717, 1.165) is 44.6 Å². The van der Waals surface area contributed by atoms with Crippen LogP contribution < -0.4 is 13.9 Å². The fourth-order valence-corrected chi connectivity index (χ4v) is 6.96. The van der Waals surface area contributed by atoms with E-state index in [2.05, 4.69) is 54.5 Å². The van der Waals surface area contributed by atoms with Crippen LogP contribution in [-0.4, -0.2) is 20.5 Å². The smallest absolute Gasteiger partial charge is 0.509 e. The Hall–Kier alpha value is -5.93. The monoisotopic (exact) mass is 888 g/mol. The van der Waals surface area contributed by atoms with Gasteiger partial charge in [-0.25, -0.2) is 4.98 Å². The minimum atomic E-state index is -2.56. The number of pyridine rings is 2. The number of hydrogen-bond acceptors (Lipinski definition) is 3. The fraction of sp³-hybridized carbons (Fsp3) is 0.128. The van der Waals surface area contributed by atoms with Crippen LogP contribution in [0.15, 0.2) is 134 Å². The summed E-state index contributed by atoms with van der Waals surface area (Å²) >= 11 is 0. The zero-order valence-electron chi connectivity index (χ0n) is 35.7. The number of rotatable bonds is 6. The van der Waals surface area contributed by atoms with E-state index >= 15 is 0 Å². The number of nitrogens with zero attached hydrogens (tertiary/aromatic N) is 5. The van der Waals surface area contributed by atoms with Crippen molar-refractivity contribution in [2.75, 3.05) is 0 Å². The molecule has 4 heterocycles. The SMILES string of the molecule is [2H]C([2H])([2H])c1cccc(C([2H])([2H])[2H])c1-c1ccccc1[N+]1=C=[N+](c2[c-]c(Oc3[c-]c4c(cc3)c3ccncc3n4-c3cc(C(C)(C)C)ccn3)ccc2)c2ccccc21.[Pt+2]. The first kappa shape index (κ1) is 28.6. The van der Waals surface area contributed by atoms with Gasteiger partial charge in [-0.15, -0.1) is 23.6 Å². The van der Waals surface area contributed by atoms with Crippen molar-refractivity contribution < 1.29 is 34.0 Å². The predicted octanol–water partition coefficient (Wildman–Crippen LogP) is 11.4. The Labute approximate surface area is 338 Å². The van der Waals surface area contributed by atoms with Crippen LogP contribution >= 0.6 is 0 Å². The molecule has 7 heteroatoms. The third-order valence-electron chi connectivity index (χ3n) is 9.55. The van der Waals surface area contributed by atoms with Gasteiger partial charge in [0, 0.05) is 50.3 Å². The van der Waals surface area contributed by atoms with Gasteiger partial charge in [-0.1, -0.05) is 85.5 Å². The normalized spacial score (nSPS) is 14.4. The van der Waals surface area contributed by atoms with Crippen molar-refractivity contribution in [3.8, 4) is 28.4 Å². The van der Waals surface area contributed by atoms with E-state index in [1.807, 2.05) is 100 Å². The van der Waals surface area contributed by atoms with Crippen LogP contribution in [0.5, 0.6) is 11.5 Å². The van der Waals surface area contributed by atoms with Gasteiger partial charge in [0.1, 0.15) is 11.5 Å². The Bertz CT molecular complexity index is 3020. The van der Waals surface area contributed by atoms with Gasteiger partial charge < -0.3 is 9.30 Å². The van der Waals surface area contributed by atoms with Crippen LogP contribution in [-0.2, 0) is 26.5 Å². The van der Waals surface area contributed by atoms with Crippen LogP contribution in [0.3, 0.4) is 0 Å². The molecule has 0 N–H and O–H groups in total. The molecule has 0 unspecified atom stereocenters. The number of aryl methyl sites for hydroxylation is 2. The van der Waals surface area contributed by atoms with Crippen LogP contribution in [0.1, 0.15) is 45.7 Å². The summed E-state index contributed by atoms with van der Waals surface area (Å²) in [5.74, 6) is 1.69. The second-order valence-electron chi connectivity index (χ2n) is 14.0. The number of fused-ring (bicyclic) bond motifs is 4. The Morgan fingerprint density at radius 2 is 1.44 bits per heavy atom. The summed E-state index contributed by atoms with van der Waals surface area (Å²) in [6, 6.07) is 45.4. The number of benzene rings is 5. The summed E-state index contributed by atoms with van der Waals surface area (Å²) in [5, 5.41) is 2.01. The molecule has 264 valence electrons. The van der Waals surface area contributed by atoms with Crippen molar-refractivity contribution in [2.45, 2.75) is 39.9 Å². The standard InChI is InChI=1S/C47H37N5O.Pt/c1-31-12-10-13-32(2)46(31)39-16-6-7-17-40(39)51-30-50(41-18-8-9-19-42(41)51)34-14-11-15-35(27-34)53-36-20-21-37-38-23-24-48-29-44(38)52(43(37)28-36)45-26-33(22-25-49-45)47(3,4)5;/h6-26,29H,1-5H3;/q;+2/i1D3,2D3;. The molecule has 3 aromatic heterocycles. The minimum absolute atomic E-state index is 0. The van der Waals surface area contributed by atoms with Gasteiger partial charge in [0.2, 0.25) is 5.69 Å². The van der Waals surface area contributed by atoms with E-state index in [1.54, 1.807) is 18.3 Å². The first-order chi connectivity index (χ1) is 28.2. The van der Waals surface area contributed by atoms with Crippen molar-refractivity contribution in [2.24, 2.45) is 0 Å². The maximum atomic E-state index is 8.34. The Balaban J connectivity index is 0.00000499. The van der Waals surface area contributed by atoms with E-state index in [4.69, 9.17) is 17.9 Å². The minimum Gasteiger partial charge on any atom is -0.509 e. The average molecular weight is 889 g/mol. The Morgan fingerprint density at radius 1 is 0.722 bits per heavy atom. The Morgan fingerprint density at radius 3 is 2.22 bits per heavy atom. The first-order valence-corrected chi connectivity index (χ1v) is 17.3. The van der Waals surface area contributed by atoms with Crippen molar-refractivity contribution in [3.05, 3.63) is 163 Å². The predicted molar refractivity (Wildman–Crippen MR) is 215 cm³/mol. The molecule has 54 heavy (non-hydrogen) atoms. The summed E-state index contributed by atoms with van der Waals surface area (Å²) in [7, 11) is 0. The van der Waals surface area contributed by atoms with Gasteiger partial charge in [-0.3, -0.25) is 4.98 Å². The number of aromatic nitrogens is 3. The van der Waals surface area contributed by atoms with Gasteiger partial charge in [0.25, 0.3) is 11.4 Å². The summed E-state index contributed by atoms with van der Waals surface area (Å²) < 4.78 is 62.2. The summed E-state index contributed by atoms with van der Waals surface area (Å²) in [4.78, 5) is 9.20. The number of hydrogen-bond donors (Lipinski definition) is 0. The third-order valence-corrected chi connectivity index (χ3v) is 9.55. The molecule has 0 aliphatic carbocycles. The molecule has 1 aliphatic rings. The zero-order chi connectivity index (χ0) is 41.3. The number of ether oxygens (including phenoxy) is 1. The number of para-hydroxylation sites is 3. The zero-order valence-corrected chi connectivity index (χ0v) is 31.9. The van der Waals surface area contributed by atoms with Gasteiger partial charge >= 0.3 is 27.1 Å². The largest absolute Gasteiger partial charge is 2.00 e. The maximum Gasteiger partial charge on any atom is 2.00 e. The van der Waals surface area contributed by atoms with Crippen LogP contribution in [0.2, 0.25) is 0 Å². The fourth-order valence-electron chi connectivity index (χ4n) is 6.96. The molecule has 0 atom stereocenters. The third kappa shape index (κ3) is 6.08.